The highest BCUT2D eigenvalue weighted by Crippen LogP contribution is 2.33. The first kappa shape index (κ1) is 17.7. The molecule has 1 unspecified atom stereocenters. The molecule has 128 valence electrons. The van der Waals surface area contributed by atoms with Gasteiger partial charge in [0.25, 0.3) is 0 Å². The maximum Gasteiger partial charge on any atom is 0.311 e. The SMILES string of the molecule is CCOc1ccc(CC(C(=O)O)c2cc(OC)ccc2OC)cc1. The van der Waals surface area contributed by atoms with Crippen LogP contribution in [0.4, 0.5) is 0 Å². The van der Waals surface area contributed by atoms with Gasteiger partial charge in [-0.2, -0.15) is 0 Å². The van der Waals surface area contributed by atoms with Crippen molar-refractivity contribution in [1.29, 1.82) is 0 Å². The van der Waals surface area contributed by atoms with E-state index < -0.39 is 11.9 Å². The minimum absolute atomic E-state index is 0.352. The van der Waals surface area contributed by atoms with Crippen molar-refractivity contribution in [2.45, 2.75) is 19.3 Å². The van der Waals surface area contributed by atoms with Crippen LogP contribution in [0, 0.1) is 0 Å². The number of carboxylic acid groups (broad SMARTS) is 1. The lowest BCUT2D eigenvalue weighted by Gasteiger charge is -2.17. The van der Waals surface area contributed by atoms with Gasteiger partial charge in [-0.15, -0.1) is 0 Å². The van der Waals surface area contributed by atoms with Crippen LogP contribution in [0.3, 0.4) is 0 Å². The van der Waals surface area contributed by atoms with E-state index in [1.807, 2.05) is 31.2 Å². The highest BCUT2D eigenvalue weighted by Gasteiger charge is 2.24. The summed E-state index contributed by atoms with van der Waals surface area (Å²) in [5.41, 5.74) is 1.51. The molecule has 0 saturated carbocycles. The van der Waals surface area contributed by atoms with Gasteiger partial charge in [0, 0.05) is 5.56 Å². The van der Waals surface area contributed by atoms with Crippen LogP contribution in [-0.2, 0) is 11.2 Å². The fourth-order valence-electron chi connectivity index (χ4n) is 2.57. The Morgan fingerprint density at radius 3 is 2.25 bits per heavy atom. The molecule has 1 N–H and O–H groups in total. The molecule has 0 aliphatic heterocycles. The van der Waals surface area contributed by atoms with Crippen molar-refractivity contribution < 1.29 is 24.1 Å². The van der Waals surface area contributed by atoms with Crippen LogP contribution in [0.5, 0.6) is 17.2 Å². The minimum atomic E-state index is -0.907. The molecule has 0 fully saturated rings. The number of carbonyl (C=O) groups is 1. The average molecular weight is 330 g/mol. The van der Waals surface area contributed by atoms with Gasteiger partial charge in [-0.25, -0.2) is 0 Å². The number of hydrogen-bond acceptors (Lipinski definition) is 4. The molecule has 2 rings (SSSR count). The number of carboxylic acids is 1. The van der Waals surface area contributed by atoms with Gasteiger partial charge in [0.1, 0.15) is 17.2 Å². The zero-order chi connectivity index (χ0) is 17.5. The lowest BCUT2D eigenvalue weighted by Crippen LogP contribution is -2.15. The quantitative estimate of drug-likeness (QED) is 0.802. The summed E-state index contributed by atoms with van der Waals surface area (Å²) in [6.45, 7) is 2.52. The van der Waals surface area contributed by atoms with Crippen LogP contribution in [0.15, 0.2) is 42.5 Å². The third-order valence-corrected chi connectivity index (χ3v) is 3.78. The molecule has 5 nitrogen and oxygen atoms in total. The molecule has 0 aromatic heterocycles. The van der Waals surface area contributed by atoms with E-state index in [4.69, 9.17) is 14.2 Å². The summed E-state index contributed by atoms with van der Waals surface area (Å²) in [5.74, 6) is 0.272. The summed E-state index contributed by atoms with van der Waals surface area (Å²) < 4.78 is 15.9. The number of hydrogen-bond donors (Lipinski definition) is 1. The van der Waals surface area contributed by atoms with Crippen LogP contribution in [0.2, 0.25) is 0 Å². The summed E-state index contributed by atoms with van der Waals surface area (Å²) >= 11 is 0. The Morgan fingerprint density at radius 2 is 1.71 bits per heavy atom. The van der Waals surface area contributed by atoms with Crippen molar-refractivity contribution in [2.24, 2.45) is 0 Å². The Morgan fingerprint density at radius 1 is 1.04 bits per heavy atom. The maximum absolute atomic E-state index is 11.8. The van der Waals surface area contributed by atoms with E-state index in [1.54, 1.807) is 25.3 Å². The second-order valence-electron chi connectivity index (χ2n) is 5.28. The van der Waals surface area contributed by atoms with Gasteiger partial charge in [0.2, 0.25) is 0 Å². The van der Waals surface area contributed by atoms with E-state index in [0.717, 1.165) is 11.3 Å². The molecule has 0 aliphatic carbocycles. The topological polar surface area (TPSA) is 65.0 Å². The first-order chi connectivity index (χ1) is 11.6. The molecule has 0 radical (unpaired) electrons. The maximum atomic E-state index is 11.8. The van der Waals surface area contributed by atoms with Gasteiger partial charge in [-0.05, 0) is 49.2 Å². The van der Waals surface area contributed by atoms with Crippen molar-refractivity contribution in [2.75, 3.05) is 20.8 Å². The fourth-order valence-corrected chi connectivity index (χ4v) is 2.57. The van der Waals surface area contributed by atoms with Crippen molar-refractivity contribution in [3.8, 4) is 17.2 Å². The van der Waals surface area contributed by atoms with Crippen LogP contribution >= 0.6 is 0 Å². The molecule has 0 bridgehead atoms. The van der Waals surface area contributed by atoms with Crippen molar-refractivity contribution in [1.82, 2.24) is 0 Å². The normalized spacial score (nSPS) is 11.6. The number of rotatable bonds is 8. The Hall–Kier alpha value is -2.69. The number of aliphatic carboxylic acids is 1. The predicted octanol–water partition coefficient (Wildman–Crippen LogP) is 3.51. The fraction of sp³-hybridized carbons (Fsp3) is 0.316. The van der Waals surface area contributed by atoms with E-state index in [1.165, 1.54) is 7.11 Å². The van der Waals surface area contributed by atoms with E-state index in [2.05, 4.69) is 0 Å². The minimum Gasteiger partial charge on any atom is -0.497 e. The monoisotopic (exact) mass is 330 g/mol. The first-order valence-corrected chi connectivity index (χ1v) is 7.75. The molecular formula is C19H22O5. The molecule has 0 saturated heterocycles. The van der Waals surface area contributed by atoms with Gasteiger partial charge in [-0.1, -0.05) is 12.1 Å². The molecule has 2 aromatic rings. The zero-order valence-electron chi connectivity index (χ0n) is 14.1. The standard InChI is InChI=1S/C19H22O5/c1-4-24-14-7-5-13(6-8-14)11-17(19(20)21)16-12-15(22-2)9-10-18(16)23-3/h5-10,12,17H,4,11H2,1-3H3,(H,20,21). The summed E-state index contributed by atoms with van der Waals surface area (Å²) in [6.07, 6.45) is 0.352. The second kappa shape index (κ2) is 8.24. The van der Waals surface area contributed by atoms with Crippen molar-refractivity contribution in [3.63, 3.8) is 0 Å². The van der Waals surface area contributed by atoms with E-state index in [-0.39, 0.29) is 0 Å². The highest BCUT2D eigenvalue weighted by molar-refractivity contribution is 5.78. The van der Waals surface area contributed by atoms with Crippen LogP contribution in [0.25, 0.3) is 0 Å². The molecule has 0 amide bonds. The van der Waals surface area contributed by atoms with Crippen LogP contribution in [0.1, 0.15) is 24.0 Å². The zero-order valence-corrected chi connectivity index (χ0v) is 14.1. The molecule has 5 heteroatoms. The summed E-state index contributed by atoms with van der Waals surface area (Å²) in [7, 11) is 3.08. The molecule has 24 heavy (non-hydrogen) atoms. The molecule has 0 spiro atoms. The summed E-state index contributed by atoms with van der Waals surface area (Å²) in [6, 6.07) is 12.6. The Balaban J connectivity index is 2.31. The Bertz CT molecular complexity index is 679. The lowest BCUT2D eigenvalue weighted by atomic mass is 9.91. The molecule has 1 atom stereocenters. The van der Waals surface area contributed by atoms with Gasteiger partial charge in [0.05, 0.1) is 26.7 Å². The van der Waals surface area contributed by atoms with Gasteiger partial charge in [-0.3, -0.25) is 4.79 Å². The highest BCUT2D eigenvalue weighted by atomic mass is 16.5. The van der Waals surface area contributed by atoms with Crippen molar-refractivity contribution in [3.05, 3.63) is 53.6 Å². The van der Waals surface area contributed by atoms with Crippen LogP contribution < -0.4 is 14.2 Å². The molecule has 0 aliphatic rings. The molecular weight excluding hydrogens is 308 g/mol. The Kier molecular flexibility index (Phi) is 6.07. The van der Waals surface area contributed by atoms with E-state index in [0.29, 0.717) is 30.1 Å². The molecule has 0 heterocycles. The third-order valence-electron chi connectivity index (χ3n) is 3.78. The number of methoxy groups -OCH3 is 2. The molecule has 2 aromatic carbocycles. The largest absolute Gasteiger partial charge is 0.497 e. The predicted molar refractivity (Wildman–Crippen MR) is 91.2 cm³/mol. The van der Waals surface area contributed by atoms with Crippen LogP contribution in [-0.4, -0.2) is 31.9 Å². The van der Waals surface area contributed by atoms with Gasteiger partial charge in [0.15, 0.2) is 0 Å². The smallest absolute Gasteiger partial charge is 0.311 e. The Labute approximate surface area is 141 Å². The second-order valence-corrected chi connectivity index (χ2v) is 5.28. The van der Waals surface area contributed by atoms with E-state index >= 15 is 0 Å². The van der Waals surface area contributed by atoms with Crippen molar-refractivity contribution >= 4 is 5.97 Å². The number of ether oxygens (including phenoxy) is 3. The number of benzene rings is 2. The van der Waals surface area contributed by atoms with E-state index in [9.17, 15) is 9.90 Å². The summed E-state index contributed by atoms with van der Waals surface area (Å²) in [5, 5.41) is 9.69. The van der Waals surface area contributed by atoms with Gasteiger partial charge >= 0.3 is 5.97 Å². The third kappa shape index (κ3) is 4.19. The average Bonchev–Trinajstić information content (AvgIpc) is 2.60. The summed E-state index contributed by atoms with van der Waals surface area (Å²) in [4.78, 5) is 11.8. The van der Waals surface area contributed by atoms with Gasteiger partial charge < -0.3 is 19.3 Å². The first-order valence-electron chi connectivity index (χ1n) is 7.75. The lowest BCUT2D eigenvalue weighted by molar-refractivity contribution is -0.138.